The van der Waals surface area contributed by atoms with Crippen LogP contribution in [0.2, 0.25) is 0 Å². The Morgan fingerprint density at radius 3 is 2.62 bits per heavy atom. The van der Waals surface area contributed by atoms with E-state index in [-0.39, 0.29) is 23.5 Å². The number of aromatic nitrogens is 5. The lowest BCUT2D eigenvalue weighted by atomic mass is 10.1. The molecule has 3 heterocycles. The molecule has 4 rings (SSSR count). The second-order valence-corrected chi connectivity index (χ2v) is 7.43. The molecule has 11 heteroatoms. The molecular weight excluding hydrogens is 425 g/mol. The van der Waals surface area contributed by atoms with Gasteiger partial charge in [0.05, 0.1) is 23.4 Å². The maximum atomic E-state index is 13.1. The van der Waals surface area contributed by atoms with E-state index in [0.717, 1.165) is 12.1 Å². The van der Waals surface area contributed by atoms with Gasteiger partial charge < -0.3 is 5.32 Å². The van der Waals surface area contributed by atoms with Crippen molar-refractivity contribution in [3.8, 4) is 5.69 Å². The van der Waals surface area contributed by atoms with E-state index in [9.17, 15) is 22.8 Å². The number of carbonyl (C=O) groups is 1. The van der Waals surface area contributed by atoms with Crippen LogP contribution in [0, 0.1) is 20.8 Å². The lowest BCUT2D eigenvalue weighted by molar-refractivity contribution is -0.137. The van der Waals surface area contributed by atoms with Crippen LogP contribution in [0.3, 0.4) is 0 Å². The molecule has 166 valence electrons. The minimum Gasteiger partial charge on any atom is -0.310 e. The van der Waals surface area contributed by atoms with Crippen molar-refractivity contribution in [3.05, 3.63) is 75.0 Å². The van der Waals surface area contributed by atoms with E-state index in [2.05, 4.69) is 20.5 Å². The van der Waals surface area contributed by atoms with E-state index in [1.54, 1.807) is 26.8 Å². The van der Waals surface area contributed by atoms with Gasteiger partial charge in [0.25, 0.3) is 5.56 Å². The van der Waals surface area contributed by atoms with Crippen LogP contribution in [0.15, 0.2) is 41.2 Å². The Labute approximate surface area is 179 Å². The maximum Gasteiger partial charge on any atom is 0.416 e. The summed E-state index contributed by atoms with van der Waals surface area (Å²) in [6.07, 6.45) is -4.55. The lowest BCUT2D eigenvalue weighted by Gasteiger charge is -2.13. The molecule has 2 N–H and O–H groups in total. The molecule has 0 saturated heterocycles. The van der Waals surface area contributed by atoms with Crippen LogP contribution in [0.5, 0.6) is 0 Å². The molecule has 0 fully saturated rings. The minimum absolute atomic E-state index is 0.0480. The second kappa shape index (κ2) is 7.66. The molecule has 0 saturated carbocycles. The molecule has 8 nitrogen and oxygen atoms in total. The SMILES string of the molecule is Cc1cc(NC(=O)Cc2c(C)nc3cc(=O)[nH]n3c2C)n(-c2cccc(C(F)(F)F)c2)n1. The van der Waals surface area contributed by atoms with E-state index in [4.69, 9.17) is 0 Å². The minimum atomic E-state index is -4.50. The van der Waals surface area contributed by atoms with Gasteiger partial charge in [-0.1, -0.05) is 6.07 Å². The highest BCUT2D eigenvalue weighted by molar-refractivity contribution is 5.92. The fourth-order valence-corrected chi connectivity index (χ4v) is 3.56. The zero-order valence-electron chi connectivity index (χ0n) is 17.4. The van der Waals surface area contributed by atoms with Gasteiger partial charge in [-0.2, -0.15) is 18.3 Å². The fraction of sp³-hybridized carbons (Fsp3) is 0.238. The normalized spacial score (nSPS) is 11.8. The van der Waals surface area contributed by atoms with Gasteiger partial charge in [0.1, 0.15) is 5.82 Å². The number of alkyl halides is 3. The van der Waals surface area contributed by atoms with Crippen LogP contribution in [0.1, 0.15) is 28.2 Å². The van der Waals surface area contributed by atoms with Crippen molar-refractivity contribution >= 4 is 17.4 Å². The monoisotopic (exact) mass is 444 g/mol. The molecule has 0 aliphatic carbocycles. The highest BCUT2D eigenvalue weighted by Gasteiger charge is 2.30. The predicted octanol–water partition coefficient (Wildman–Crippen LogP) is 3.33. The summed E-state index contributed by atoms with van der Waals surface area (Å²) in [5.74, 6) is -0.162. The number of benzene rings is 1. The number of hydrogen-bond donors (Lipinski definition) is 2. The standard InChI is InChI=1S/C21H19F3N6O2/c1-11-7-17(30(27-11)15-6-4-5-14(8-15)21(22,23)24)26-19(31)9-16-12(2)25-18-10-20(32)28-29(18)13(16)3/h4-8,10H,9H2,1-3H3,(H,26,31)(H,28,32). The molecule has 32 heavy (non-hydrogen) atoms. The molecule has 0 atom stereocenters. The molecule has 0 aliphatic rings. The van der Waals surface area contributed by atoms with Gasteiger partial charge in [-0.25, -0.2) is 14.2 Å². The number of nitrogens with one attached hydrogen (secondary N) is 2. The number of rotatable bonds is 4. The van der Waals surface area contributed by atoms with E-state index in [0.29, 0.717) is 28.3 Å². The summed E-state index contributed by atoms with van der Waals surface area (Å²) in [4.78, 5) is 28.8. The third-order valence-electron chi connectivity index (χ3n) is 5.06. The first-order chi connectivity index (χ1) is 15.0. The van der Waals surface area contributed by atoms with Crippen LogP contribution < -0.4 is 10.9 Å². The molecular formula is C21H19F3N6O2. The molecule has 3 aromatic heterocycles. The van der Waals surface area contributed by atoms with Gasteiger partial charge in [0, 0.05) is 29.1 Å². The van der Waals surface area contributed by atoms with Crippen molar-refractivity contribution in [2.75, 3.05) is 5.32 Å². The molecule has 0 spiro atoms. The van der Waals surface area contributed by atoms with Crippen LogP contribution in [-0.4, -0.2) is 30.3 Å². The largest absolute Gasteiger partial charge is 0.416 e. The summed E-state index contributed by atoms with van der Waals surface area (Å²) in [5, 5.41) is 9.57. The van der Waals surface area contributed by atoms with Gasteiger partial charge in [-0.15, -0.1) is 0 Å². The van der Waals surface area contributed by atoms with Crippen LogP contribution in [0.4, 0.5) is 19.0 Å². The summed E-state index contributed by atoms with van der Waals surface area (Å²) >= 11 is 0. The number of anilines is 1. The Morgan fingerprint density at radius 2 is 1.91 bits per heavy atom. The van der Waals surface area contributed by atoms with E-state index in [1.165, 1.54) is 27.4 Å². The molecule has 0 aliphatic heterocycles. The van der Waals surface area contributed by atoms with E-state index in [1.807, 2.05) is 0 Å². The van der Waals surface area contributed by atoms with Crippen molar-refractivity contribution < 1.29 is 18.0 Å². The molecule has 1 aromatic carbocycles. The van der Waals surface area contributed by atoms with Crippen LogP contribution >= 0.6 is 0 Å². The summed E-state index contributed by atoms with van der Waals surface area (Å²) < 4.78 is 42.1. The Hall–Kier alpha value is -3.89. The Bertz CT molecular complexity index is 1400. The topological polar surface area (TPSA) is 97.1 Å². The Balaban J connectivity index is 1.63. The number of aromatic amines is 1. The van der Waals surface area contributed by atoms with Crippen molar-refractivity contribution in [3.63, 3.8) is 0 Å². The predicted molar refractivity (Wildman–Crippen MR) is 111 cm³/mol. The highest BCUT2D eigenvalue weighted by Crippen LogP contribution is 2.31. The van der Waals surface area contributed by atoms with E-state index < -0.39 is 17.6 Å². The summed E-state index contributed by atoms with van der Waals surface area (Å²) in [6.45, 7) is 5.18. The van der Waals surface area contributed by atoms with Gasteiger partial charge in [-0.05, 0) is 39.0 Å². The zero-order valence-corrected chi connectivity index (χ0v) is 17.4. The molecule has 0 bridgehead atoms. The number of H-pyrrole nitrogens is 1. The van der Waals surface area contributed by atoms with Crippen molar-refractivity contribution in [1.82, 2.24) is 24.4 Å². The van der Waals surface area contributed by atoms with Crippen molar-refractivity contribution in [1.29, 1.82) is 0 Å². The molecule has 0 unspecified atom stereocenters. The third-order valence-corrected chi connectivity index (χ3v) is 5.06. The fourth-order valence-electron chi connectivity index (χ4n) is 3.56. The zero-order chi connectivity index (χ0) is 23.2. The summed E-state index contributed by atoms with van der Waals surface area (Å²) in [7, 11) is 0. The highest BCUT2D eigenvalue weighted by atomic mass is 19.4. The van der Waals surface area contributed by atoms with Crippen molar-refractivity contribution in [2.24, 2.45) is 0 Å². The smallest absolute Gasteiger partial charge is 0.310 e. The second-order valence-electron chi connectivity index (χ2n) is 7.43. The number of hydrogen-bond acceptors (Lipinski definition) is 4. The van der Waals surface area contributed by atoms with Gasteiger partial charge in [0.15, 0.2) is 5.65 Å². The summed E-state index contributed by atoms with van der Waals surface area (Å²) in [6, 6.07) is 7.64. The third kappa shape index (κ3) is 4.01. The van der Waals surface area contributed by atoms with Gasteiger partial charge in [0.2, 0.25) is 5.91 Å². The summed E-state index contributed by atoms with van der Waals surface area (Å²) in [5.41, 5.74) is 1.91. The van der Waals surface area contributed by atoms with Crippen LogP contribution in [-0.2, 0) is 17.4 Å². The first-order valence-electron chi connectivity index (χ1n) is 9.65. The number of nitrogens with zero attached hydrogens (tertiary/aromatic N) is 4. The Kier molecular flexibility index (Phi) is 5.11. The first-order valence-corrected chi connectivity index (χ1v) is 9.65. The Morgan fingerprint density at radius 1 is 1.16 bits per heavy atom. The number of aryl methyl sites for hydroxylation is 3. The van der Waals surface area contributed by atoms with Gasteiger partial charge in [-0.3, -0.25) is 14.7 Å². The molecule has 4 aromatic rings. The number of halogens is 3. The quantitative estimate of drug-likeness (QED) is 0.505. The van der Waals surface area contributed by atoms with E-state index >= 15 is 0 Å². The first kappa shape index (κ1) is 21.3. The number of carbonyl (C=O) groups excluding carboxylic acids is 1. The average Bonchev–Trinajstić information content (AvgIpc) is 3.26. The average molecular weight is 444 g/mol. The molecule has 0 radical (unpaired) electrons. The van der Waals surface area contributed by atoms with Crippen LogP contribution in [0.25, 0.3) is 11.3 Å². The van der Waals surface area contributed by atoms with Crippen molar-refractivity contribution in [2.45, 2.75) is 33.4 Å². The lowest BCUT2D eigenvalue weighted by Crippen LogP contribution is -2.19. The number of fused-ring (bicyclic) bond motifs is 1. The van der Waals surface area contributed by atoms with Gasteiger partial charge >= 0.3 is 6.18 Å². The maximum absolute atomic E-state index is 13.1. The molecule has 1 amide bonds. The number of amides is 1.